The molecule has 0 fully saturated rings. The molecule has 0 saturated carbocycles. The standard InChI is InChI=1S/C7H15N3O3/c1-5(8)10-13-4-3-6(9-2)7(11)12/h6,9H,3-4H2,1-2H3,(H2,8,10)(H,11,12)/t6-/m0/s1. The monoisotopic (exact) mass is 189 g/mol. The number of hydrogen-bond donors (Lipinski definition) is 3. The van der Waals surface area contributed by atoms with E-state index in [0.29, 0.717) is 12.3 Å². The Labute approximate surface area is 76.7 Å². The molecule has 0 unspecified atom stereocenters. The molecule has 4 N–H and O–H groups in total. The van der Waals surface area contributed by atoms with E-state index in [4.69, 9.17) is 15.7 Å². The quantitative estimate of drug-likeness (QED) is 0.223. The van der Waals surface area contributed by atoms with Gasteiger partial charge in [-0.2, -0.15) is 0 Å². The number of rotatable bonds is 6. The van der Waals surface area contributed by atoms with E-state index in [1.54, 1.807) is 14.0 Å². The number of carbonyl (C=O) groups is 1. The molecule has 0 saturated heterocycles. The summed E-state index contributed by atoms with van der Waals surface area (Å²) >= 11 is 0. The summed E-state index contributed by atoms with van der Waals surface area (Å²) in [4.78, 5) is 15.2. The van der Waals surface area contributed by atoms with E-state index in [0.717, 1.165) is 0 Å². The number of likely N-dealkylation sites (N-methyl/N-ethyl adjacent to an activating group) is 1. The summed E-state index contributed by atoms with van der Waals surface area (Å²) in [5.41, 5.74) is 5.19. The van der Waals surface area contributed by atoms with Crippen LogP contribution in [-0.4, -0.2) is 36.6 Å². The van der Waals surface area contributed by atoms with Crippen LogP contribution in [0.2, 0.25) is 0 Å². The third-order valence-electron chi connectivity index (χ3n) is 1.35. The minimum absolute atomic E-state index is 0.229. The highest BCUT2D eigenvalue weighted by Gasteiger charge is 2.13. The highest BCUT2D eigenvalue weighted by molar-refractivity contribution is 5.76. The first-order chi connectivity index (χ1) is 6.07. The van der Waals surface area contributed by atoms with Crippen LogP contribution in [0.4, 0.5) is 0 Å². The highest BCUT2D eigenvalue weighted by Crippen LogP contribution is 1.92. The Hall–Kier alpha value is -1.30. The zero-order chi connectivity index (χ0) is 10.3. The number of carboxylic acid groups (broad SMARTS) is 1. The molecular weight excluding hydrogens is 174 g/mol. The minimum atomic E-state index is -0.903. The lowest BCUT2D eigenvalue weighted by Crippen LogP contribution is -2.34. The van der Waals surface area contributed by atoms with Crippen LogP contribution >= 0.6 is 0 Å². The maximum atomic E-state index is 10.5. The van der Waals surface area contributed by atoms with Crippen molar-refractivity contribution in [2.75, 3.05) is 13.7 Å². The Bertz CT molecular complexity index is 189. The van der Waals surface area contributed by atoms with Crippen molar-refractivity contribution >= 4 is 11.8 Å². The number of nitrogens with zero attached hydrogens (tertiary/aromatic N) is 1. The van der Waals surface area contributed by atoms with Crippen LogP contribution in [-0.2, 0) is 9.63 Å². The molecule has 0 amide bonds. The lowest BCUT2D eigenvalue weighted by Gasteiger charge is -2.09. The van der Waals surface area contributed by atoms with Crippen molar-refractivity contribution in [3.63, 3.8) is 0 Å². The molecule has 0 aliphatic carbocycles. The fraction of sp³-hybridized carbons (Fsp3) is 0.714. The lowest BCUT2D eigenvalue weighted by atomic mass is 10.2. The van der Waals surface area contributed by atoms with E-state index in [2.05, 4.69) is 10.5 Å². The molecule has 0 heterocycles. The van der Waals surface area contributed by atoms with Crippen LogP contribution in [0.15, 0.2) is 5.16 Å². The van der Waals surface area contributed by atoms with Crippen molar-refractivity contribution in [2.45, 2.75) is 19.4 Å². The summed E-state index contributed by atoms with van der Waals surface area (Å²) in [5.74, 6) is -0.587. The maximum Gasteiger partial charge on any atom is 0.320 e. The van der Waals surface area contributed by atoms with Gasteiger partial charge in [0.2, 0.25) is 0 Å². The molecule has 6 heteroatoms. The van der Waals surface area contributed by atoms with Gasteiger partial charge < -0.3 is 21.0 Å². The first-order valence-electron chi connectivity index (χ1n) is 3.90. The van der Waals surface area contributed by atoms with Gasteiger partial charge in [0, 0.05) is 6.42 Å². The molecule has 0 aromatic rings. The zero-order valence-electron chi connectivity index (χ0n) is 7.78. The molecule has 6 nitrogen and oxygen atoms in total. The van der Waals surface area contributed by atoms with Gasteiger partial charge in [-0.3, -0.25) is 4.79 Å². The highest BCUT2D eigenvalue weighted by atomic mass is 16.6. The van der Waals surface area contributed by atoms with E-state index < -0.39 is 12.0 Å². The number of nitrogens with one attached hydrogen (secondary N) is 1. The van der Waals surface area contributed by atoms with Gasteiger partial charge in [0.05, 0.1) is 0 Å². The number of nitrogens with two attached hydrogens (primary N) is 1. The number of amidine groups is 1. The Balaban J connectivity index is 3.62. The first-order valence-corrected chi connectivity index (χ1v) is 3.90. The summed E-state index contributed by atoms with van der Waals surface area (Å²) in [6, 6.07) is -0.603. The van der Waals surface area contributed by atoms with E-state index in [-0.39, 0.29) is 6.61 Å². The van der Waals surface area contributed by atoms with Gasteiger partial charge in [-0.1, -0.05) is 5.16 Å². The van der Waals surface area contributed by atoms with Crippen LogP contribution in [0.25, 0.3) is 0 Å². The smallest absolute Gasteiger partial charge is 0.320 e. The van der Waals surface area contributed by atoms with E-state index in [1.807, 2.05) is 0 Å². The molecule has 0 aliphatic rings. The summed E-state index contributed by atoms with van der Waals surface area (Å²) in [6.07, 6.45) is 0.350. The molecule has 0 rings (SSSR count). The Kier molecular flexibility index (Phi) is 5.62. The fourth-order valence-electron chi connectivity index (χ4n) is 0.709. The Morgan fingerprint density at radius 3 is 2.77 bits per heavy atom. The van der Waals surface area contributed by atoms with Crippen molar-refractivity contribution in [1.29, 1.82) is 0 Å². The minimum Gasteiger partial charge on any atom is -0.480 e. The second kappa shape index (κ2) is 6.24. The van der Waals surface area contributed by atoms with Crippen molar-refractivity contribution in [2.24, 2.45) is 10.9 Å². The van der Waals surface area contributed by atoms with Gasteiger partial charge in [0.25, 0.3) is 0 Å². The third-order valence-corrected chi connectivity index (χ3v) is 1.35. The van der Waals surface area contributed by atoms with Crippen LogP contribution in [0.1, 0.15) is 13.3 Å². The van der Waals surface area contributed by atoms with Gasteiger partial charge in [-0.15, -0.1) is 0 Å². The summed E-state index contributed by atoms with van der Waals surface area (Å²) in [5, 5.41) is 14.7. The molecular formula is C7H15N3O3. The molecule has 1 atom stereocenters. The third kappa shape index (κ3) is 5.92. The number of oxime groups is 1. The lowest BCUT2D eigenvalue weighted by molar-refractivity contribution is -0.139. The van der Waals surface area contributed by atoms with Crippen molar-refractivity contribution in [3.05, 3.63) is 0 Å². The van der Waals surface area contributed by atoms with Gasteiger partial charge in [-0.25, -0.2) is 0 Å². The predicted octanol–water partition coefficient (Wildman–Crippen LogP) is -0.642. The van der Waals surface area contributed by atoms with Gasteiger partial charge in [0.1, 0.15) is 18.5 Å². The van der Waals surface area contributed by atoms with Crippen LogP contribution in [0, 0.1) is 0 Å². The van der Waals surface area contributed by atoms with Crippen LogP contribution in [0.3, 0.4) is 0 Å². The molecule has 0 bridgehead atoms. The maximum absolute atomic E-state index is 10.5. The second-order valence-corrected chi connectivity index (χ2v) is 2.53. The number of hydrogen-bond acceptors (Lipinski definition) is 4. The molecule has 0 aromatic heterocycles. The summed E-state index contributed by atoms with van der Waals surface area (Å²) < 4.78 is 0. The average Bonchev–Trinajstić information content (AvgIpc) is 2.03. The Morgan fingerprint density at radius 2 is 2.38 bits per heavy atom. The van der Waals surface area contributed by atoms with Crippen LogP contribution in [0.5, 0.6) is 0 Å². The van der Waals surface area contributed by atoms with Gasteiger partial charge in [-0.05, 0) is 14.0 Å². The topological polar surface area (TPSA) is 96.9 Å². The predicted molar refractivity (Wildman–Crippen MR) is 48.3 cm³/mol. The normalized spacial score (nSPS) is 13.8. The SMILES string of the molecule is CN[C@@H](CCO/N=C(/C)N)C(=O)O. The van der Waals surface area contributed by atoms with Gasteiger partial charge in [0.15, 0.2) is 0 Å². The van der Waals surface area contributed by atoms with Crippen molar-refractivity contribution in [1.82, 2.24) is 5.32 Å². The van der Waals surface area contributed by atoms with E-state index in [1.165, 1.54) is 0 Å². The van der Waals surface area contributed by atoms with E-state index in [9.17, 15) is 4.79 Å². The fourth-order valence-corrected chi connectivity index (χ4v) is 0.709. The van der Waals surface area contributed by atoms with Crippen molar-refractivity contribution < 1.29 is 14.7 Å². The molecule has 76 valence electrons. The molecule has 0 aliphatic heterocycles. The summed E-state index contributed by atoms with van der Waals surface area (Å²) in [7, 11) is 1.58. The van der Waals surface area contributed by atoms with Crippen molar-refractivity contribution in [3.8, 4) is 0 Å². The molecule has 0 radical (unpaired) electrons. The molecule has 0 spiro atoms. The Morgan fingerprint density at radius 1 is 1.77 bits per heavy atom. The number of aliphatic carboxylic acids is 1. The largest absolute Gasteiger partial charge is 0.480 e. The van der Waals surface area contributed by atoms with Gasteiger partial charge >= 0.3 is 5.97 Å². The number of carboxylic acids is 1. The molecule has 0 aromatic carbocycles. The van der Waals surface area contributed by atoms with Crippen LogP contribution < -0.4 is 11.1 Å². The summed E-state index contributed by atoms with van der Waals surface area (Å²) in [6.45, 7) is 1.82. The zero-order valence-corrected chi connectivity index (χ0v) is 7.78. The van der Waals surface area contributed by atoms with E-state index >= 15 is 0 Å². The molecule has 13 heavy (non-hydrogen) atoms. The first kappa shape index (κ1) is 11.7. The average molecular weight is 189 g/mol. The second-order valence-electron chi connectivity index (χ2n) is 2.53.